The van der Waals surface area contributed by atoms with E-state index in [1.54, 1.807) is 24.3 Å². The Morgan fingerprint density at radius 3 is 2.28 bits per heavy atom. The highest BCUT2D eigenvalue weighted by Crippen LogP contribution is 2.24. The monoisotopic (exact) mass is 359 g/mol. The molecule has 0 spiro atoms. The van der Waals surface area contributed by atoms with Crippen LogP contribution in [-0.2, 0) is 16.4 Å². The predicted octanol–water partition coefficient (Wildman–Crippen LogP) is 4.36. The van der Waals surface area contributed by atoms with E-state index in [4.69, 9.17) is 0 Å². The molecule has 0 fully saturated rings. The normalized spacial score (nSPS) is 11.3. The summed E-state index contributed by atoms with van der Waals surface area (Å²) < 4.78 is 54.4. The first-order valence-electron chi connectivity index (χ1n) is 7.55. The Balaban J connectivity index is 1.94. The standard InChI is InChI=1S/C19H15F2NO2S/c20-16-10-11-17(21)19(13-16)25(23,24)22-18-9-5-4-8-15(18)12-14-6-2-1-3-7-14/h1-11,13,22H,12H2. The van der Waals surface area contributed by atoms with Crippen molar-refractivity contribution in [3.05, 3.63) is 95.6 Å². The van der Waals surface area contributed by atoms with E-state index in [0.29, 0.717) is 18.2 Å². The van der Waals surface area contributed by atoms with Crippen molar-refractivity contribution >= 4 is 15.7 Å². The van der Waals surface area contributed by atoms with Gasteiger partial charge in [-0.25, -0.2) is 17.2 Å². The van der Waals surface area contributed by atoms with Gasteiger partial charge in [-0.15, -0.1) is 0 Å². The van der Waals surface area contributed by atoms with Gasteiger partial charge in [0.25, 0.3) is 10.0 Å². The Labute approximate surface area is 145 Å². The van der Waals surface area contributed by atoms with Crippen molar-refractivity contribution < 1.29 is 17.2 Å². The lowest BCUT2D eigenvalue weighted by molar-refractivity contribution is 0.555. The van der Waals surface area contributed by atoms with E-state index in [2.05, 4.69) is 4.72 Å². The number of anilines is 1. The largest absolute Gasteiger partial charge is 0.279 e. The summed E-state index contributed by atoms with van der Waals surface area (Å²) in [6.45, 7) is 0. The number of hydrogen-bond acceptors (Lipinski definition) is 2. The molecule has 0 amide bonds. The topological polar surface area (TPSA) is 46.2 Å². The fraction of sp³-hybridized carbons (Fsp3) is 0.0526. The van der Waals surface area contributed by atoms with Gasteiger partial charge in [-0.05, 0) is 41.8 Å². The summed E-state index contributed by atoms with van der Waals surface area (Å²) in [4.78, 5) is -0.720. The minimum absolute atomic E-state index is 0.329. The lowest BCUT2D eigenvalue weighted by Crippen LogP contribution is -2.16. The summed E-state index contributed by atoms with van der Waals surface area (Å²) in [5, 5.41) is 0. The zero-order valence-electron chi connectivity index (χ0n) is 13.1. The van der Waals surface area contributed by atoms with Crippen LogP contribution in [0, 0.1) is 11.6 Å². The minimum Gasteiger partial charge on any atom is -0.279 e. The molecule has 1 N–H and O–H groups in total. The molecular formula is C19H15F2NO2S. The van der Waals surface area contributed by atoms with E-state index >= 15 is 0 Å². The third-order valence-electron chi connectivity index (χ3n) is 3.68. The van der Waals surface area contributed by atoms with Crippen LogP contribution in [0.25, 0.3) is 0 Å². The highest BCUT2D eigenvalue weighted by Gasteiger charge is 2.21. The molecule has 0 radical (unpaired) electrons. The number of benzene rings is 3. The zero-order chi connectivity index (χ0) is 17.9. The first-order valence-corrected chi connectivity index (χ1v) is 9.04. The molecular weight excluding hydrogens is 344 g/mol. The van der Waals surface area contributed by atoms with Crippen LogP contribution >= 0.6 is 0 Å². The number of sulfonamides is 1. The molecule has 0 unspecified atom stereocenters. The van der Waals surface area contributed by atoms with Gasteiger partial charge in [-0.2, -0.15) is 0 Å². The second-order valence-corrected chi connectivity index (χ2v) is 7.15. The molecule has 0 bridgehead atoms. The van der Waals surface area contributed by atoms with Crippen LogP contribution in [-0.4, -0.2) is 8.42 Å². The van der Waals surface area contributed by atoms with Crippen molar-refractivity contribution in [3.63, 3.8) is 0 Å². The molecule has 6 heteroatoms. The van der Waals surface area contributed by atoms with Crippen LogP contribution in [0.5, 0.6) is 0 Å². The second-order valence-electron chi connectivity index (χ2n) is 5.50. The first kappa shape index (κ1) is 17.1. The molecule has 0 saturated heterocycles. The molecule has 0 aliphatic carbocycles. The summed E-state index contributed by atoms with van der Waals surface area (Å²) in [6.07, 6.45) is 0.505. The highest BCUT2D eigenvalue weighted by molar-refractivity contribution is 7.92. The van der Waals surface area contributed by atoms with Gasteiger partial charge < -0.3 is 0 Å². The van der Waals surface area contributed by atoms with E-state index in [-0.39, 0.29) is 0 Å². The lowest BCUT2D eigenvalue weighted by Gasteiger charge is -2.13. The molecule has 0 heterocycles. The average Bonchev–Trinajstić information content (AvgIpc) is 2.59. The van der Waals surface area contributed by atoms with E-state index in [9.17, 15) is 17.2 Å². The third kappa shape index (κ3) is 4.03. The Kier molecular flexibility index (Phi) is 4.81. The van der Waals surface area contributed by atoms with Gasteiger partial charge in [0.15, 0.2) is 0 Å². The Bertz CT molecular complexity index is 989. The second kappa shape index (κ2) is 7.03. The van der Waals surface area contributed by atoms with Crippen molar-refractivity contribution in [1.82, 2.24) is 0 Å². The average molecular weight is 359 g/mol. The highest BCUT2D eigenvalue weighted by atomic mass is 32.2. The van der Waals surface area contributed by atoms with Crippen molar-refractivity contribution in [2.75, 3.05) is 4.72 Å². The van der Waals surface area contributed by atoms with Crippen molar-refractivity contribution in [2.45, 2.75) is 11.3 Å². The summed E-state index contributed by atoms with van der Waals surface area (Å²) in [5.41, 5.74) is 2.06. The van der Waals surface area contributed by atoms with Gasteiger partial charge in [0.2, 0.25) is 0 Å². The van der Waals surface area contributed by atoms with Gasteiger partial charge in [0.1, 0.15) is 16.5 Å². The summed E-state index contributed by atoms with van der Waals surface area (Å²) >= 11 is 0. The third-order valence-corrected chi connectivity index (χ3v) is 5.06. The number of para-hydroxylation sites is 1. The molecule has 3 nitrogen and oxygen atoms in total. The van der Waals surface area contributed by atoms with Crippen LogP contribution in [0.1, 0.15) is 11.1 Å². The molecule has 0 aliphatic rings. The smallest absolute Gasteiger partial charge is 0.264 e. The molecule has 3 aromatic carbocycles. The maximum atomic E-state index is 13.8. The SMILES string of the molecule is O=S(=O)(Nc1ccccc1Cc1ccccc1)c1cc(F)ccc1F. The van der Waals surface area contributed by atoms with Crippen molar-refractivity contribution in [2.24, 2.45) is 0 Å². The molecule has 3 aromatic rings. The minimum atomic E-state index is -4.25. The lowest BCUT2D eigenvalue weighted by atomic mass is 10.0. The first-order chi connectivity index (χ1) is 12.0. The molecule has 0 aromatic heterocycles. The van der Waals surface area contributed by atoms with Crippen LogP contribution in [0.2, 0.25) is 0 Å². The van der Waals surface area contributed by atoms with Crippen LogP contribution in [0.4, 0.5) is 14.5 Å². The van der Waals surface area contributed by atoms with E-state index in [1.807, 2.05) is 30.3 Å². The van der Waals surface area contributed by atoms with E-state index in [1.165, 1.54) is 0 Å². The maximum Gasteiger partial charge on any atom is 0.264 e. The van der Waals surface area contributed by atoms with E-state index < -0.39 is 26.6 Å². The number of halogens is 2. The van der Waals surface area contributed by atoms with Gasteiger partial charge in [-0.3, -0.25) is 4.72 Å². The fourth-order valence-electron chi connectivity index (χ4n) is 2.47. The van der Waals surface area contributed by atoms with E-state index in [0.717, 1.165) is 23.3 Å². The van der Waals surface area contributed by atoms with Crippen LogP contribution in [0.3, 0.4) is 0 Å². The summed E-state index contributed by atoms with van der Waals surface area (Å²) in [7, 11) is -4.25. The summed E-state index contributed by atoms with van der Waals surface area (Å²) in [5.74, 6) is -1.83. The van der Waals surface area contributed by atoms with Gasteiger partial charge in [-0.1, -0.05) is 48.5 Å². The van der Waals surface area contributed by atoms with Crippen molar-refractivity contribution in [1.29, 1.82) is 0 Å². The molecule has 3 rings (SSSR count). The number of rotatable bonds is 5. The molecule has 128 valence electrons. The summed E-state index contributed by atoms with van der Waals surface area (Å²) in [6, 6.07) is 18.7. The fourth-order valence-corrected chi connectivity index (χ4v) is 3.66. The molecule has 0 atom stereocenters. The number of hydrogen-bond donors (Lipinski definition) is 1. The van der Waals surface area contributed by atoms with Crippen LogP contribution < -0.4 is 4.72 Å². The van der Waals surface area contributed by atoms with Crippen LogP contribution in [0.15, 0.2) is 77.7 Å². The zero-order valence-corrected chi connectivity index (χ0v) is 13.9. The van der Waals surface area contributed by atoms with Crippen molar-refractivity contribution in [3.8, 4) is 0 Å². The predicted molar refractivity (Wildman–Crippen MR) is 92.9 cm³/mol. The Hall–Kier alpha value is -2.73. The Morgan fingerprint density at radius 1 is 0.840 bits per heavy atom. The Morgan fingerprint density at radius 2 is 1.52 bits per heavy atom. The molecule has 25 heavy (non-hydrogen) atoms. The van der Waals surface area contributed by atoms with Gasteiger partial charge in [0.05, 0.1) is 5.69 Å². The molecule has 0 saturated carbocycles. The van der Waals surface area contributed by atoms with Gasteiger partial charge >= 0.3 is 0 Å². The number of nitrogens with one attached hydrogen (secondary N) is 1. The molecule has 0 aliphatic heterocycles. The quantitative estimate of drug-likeness (QED) is 0.736. The maximum absolute atomic E-state index is 13.8. The van der Waals surface area contributed by atoms with Gasteiger partial charge in [0, 0.05) is 0 Å².